The number of hydrogen-bond donors (Lipinski definition) is 1. The van der Waals surface area contributed by atoms with Gasteiger partial charge in [-0.3, -0.25) is 4.90 Å². The summed E-state index contributed by atoms with van der Waals surface area (Å²) in [7, 11) is 0. The molecule has 4 heterocycles. The number of aromatic carboxylic acids is 1. The van der Waals surface area contributed by atoms with Crippen LogP contribution in [-0.2, 0) is 0 Å². The van der Waals surface area contributed by atoms with Crippen molar-refractivity contribution in [2.75, 3.05) is 37.6 Å². The fourth-order valence-electron chi connectivity index (χ4n) is 5.88. The number of nitrogens with zero attached hydrogens (tertiary/aromatic N) is 5. The molecular weight excluding hydrogens is 464 g/mol. The largest absolute Gasteiger partial charge is 0.477 e. The molecule has 0 amide bonds. The Balaban J connectivity index is 1.34. The number of anilines is 1. The van der Waals surface area contributed by atoms with Gasteiger partial charge in [0, 0.05) is 38.5 Å². The molecule has 1 saturated carbocycles. The van der Waals surface area contributed by atoms with Gasteiger partial charge in [-0.1, -0.05) is 24.6 Å². The quantitative estimate of drug-likeness (QED) is 0.522. The Morgan fingerprint density at radius 3 is 2.44 bits per heavy atom. The summed E-state index contributed by atoms with van der Waals surface area (Å²) >= 11 is 0. The number of aromatic nitrogens is 3. The Labute approximate surface area is 208 Å². The van der Waals surface area contributed by atoms with Gasteiger partial charge in [-0.15, -0.1) is 0 Å². The number of alkyl halides is 2. The summed E-state index contributed by atoms with van der Waals surface area (Å²) in [5, 5.41) is 15.8. The SMILES string of the molecule is O=C(O)c1cc(N2CCC(CN3CCC(F)(F)C3)CC2)c2c(C3CCC3)nn(-c3ccccc3)c2n1. The molecule has 190 valence electrons. The van der Waals surface area contributed by atoms with E-state index < -0.39 is 11.9 Å². The number of carboxylic acids is 1. The third-order valence-corrected chi connectivity index (χ3v) is 8.08. The van der Waals surface area contributed by atoms with E-state index in [4.69, 9.17) is 5.10 Å². The van der Waals surface area contributed by atoms with Crippen LogP contribution in [0.15, 0.2) is 36.4 Å². The molecule has 2 saturated heterocycles. The van der Waals surface area contributed by atoms with E-state index in [1.165, 1.54) is 6.42 Å². The standard InChI is InChI=1S/C27H31F2N5O2/c28-27(29)11-14-32(17-27)16-18-9-12-33(13-10-18)22-15-21(26(35)36)30-25-23(22)24(19-5-4-6-19)31-34(25)20-7-2-1-3-8-20/h1-3,7-8,15,18-19H,4-6,9-14,16-17H2,(H,35,36). The topological polar surface area (TPSA) is 74.5 Å². The molecule has 0 radical (unpaired) electrons. The van der Waals surface area contributed by atoms with Gasteiger partial charge < -0.3 is 10.0 Å². The van der Waals surface area contributed by atoms with Crippen molar-refractivity contribution in [1.82, 2.24) is 19.7 Å². The monoisotopic (exact) mass is 495 g/mol. The molecule has 3 aromatic rings. The number of halogens is 2. The van der Waals surface area contributed by atoms with Gasteiger partial charge in [-0.05, 0) is 49.8 Å². The molecular formula is C27H31F2N5O2. The normalized spacial score (nSPS) is 21.2. The van der Waals surface area contributed by atoms with Crippen LogP contribution in [0.1, 0.15) is 60.6 Å². The van der Waals surface area contributed by atoms with E-state index in [0.29, 0.717) is 30.6 Å². The highest BCUT2D eigenvalue weighted by molar-refractivity contribution is 5.98. The van der Waals surface area contributed by atoms with Crippen molar-refractivity contribution in [1.29, 1.82) is 0 Å². The molecule has 3 fully saturated rings. The Kier molecular flexibility index (Phi) is 5.90. The van der Waals surface area contributed by atoms with Crippen LogP contribution < -0.4 is 4.90 Å². The van der Waals surface area contributed by atoms with Crippen molar-refractivity contribution in [2.45, 2.75) is 50.4 Å². The second kappa shape index (κ2) is 9.10. The summed E-state index contributed by atoms with van der Waals surface area (Å²) in [5.41, 5.74) is 3.33. The van der Waals surface area contributed by atoms with Crippen LogP contribution in [0.2, 0.25) is 0 Å². The predicted molar refractivity (Wildman–Crippen MR) is 133 cm³/mol. The number of carboxylic acid groups (broad SMARTS) is 1. The predicted octanol–water partition coefficient (Wildman–Crippen LogP) is 4.94. The van der Waals surface area contributed by atoms with Gasteiger partial charge in [-0.2, -0.15) is 5.10 Å². The van der Waals surface area contributed by atoms with Crippen molar-refractivity contribution in [2.24, 2.45) is 5.92 Å². The molecule has 2 aliphatic heterocycles. The van der Waals surface area contributed by atoms with Crippen LogP contribution in [0.25, 0.3) is 16.7 Å². The molecule has 0 unspecified atom stereocenters. The number of hydrogen-bond acceptors (Lipinski definition) is 5. The second-order valence-electron chi connectivity index (χ2n) is 10.6. The fraction of sp³-hybridized carbons (Fsp3) is 0.519. The van der Waals surface area contributed by atoms with Crippen molar-refractivity contribution < 1.29 is 18.7 Å². The van der Waals surface area contributed by atoms with E-state index >= 15 is 0 Å². The lowest BCUT2D eigenvalue weighted by molar-refractivity contribution is 0.0105. The maximum Gasteiger partial charge on any atom is 0.354 e. The minimum absolute atomic E-state index is 0.0103. The average Bonchev–Trinajstić information content (AvgIpc) is 3.38. The summed E-state index contributed by atoms with van der Waals surface area (Å²) < 4.78 is 29.1. The Bertz CT molecular complexity index is 1270. The number of fused-ring (bicyclic) bond motifs is 1. The second-order valence-corrected chi connectivity index (χ2v) is 10.6. The molecule has 9 heteroatoms. The number of benzene rings is 1. The Morgan fingerprint density at radius 2 is 1.83 bits per heavy atom. The number of pyridine rings is 1. The molecule has 0 atom stereocenters. The van der Waals surface area contributed by atoms with Gasteiger partial charge in [0.15, 0.2) is 11.3 Å². The molecule has 1 aromatic carbocycles. The van der Waals surface area contributed by atoms with E-state index in [-0.39, 0.29) is 18.7 Å². The first-order valence-corrected chi connectivity index (χ1v) is 13.0. The third kappa shape index (κ3) is 4.34. The first kappa shape index (κ1) is 23.3. The van der Waals surface area contributed by atoms with Crippen molar-refractivity contribution in [3.8, 4) is 5.69 Å². The van der Waals surface area contributed by atoms with E-state index in [0.717, 1.165) is 61.2 Å². The van der Waals surface area contributed by atoms with Crippen LogP contribution in [0.3, 0.4) is 0 Å². The van der Waals surface area contributed by atoms with E-state index in [9.17, 15) is 18.7 Å². The Hall–Kier alpha value is -3.07. The summed E-state index contributed by atoms with van der Waals surface area (Å²) in [6.45, 7) is 2.55. The molecule has 1 aliphatic carbocycles. The van der Waals surface area contributed by atoms with E-state index in [1.807, 2.05) is 35.2 Å². The van der Waals surface area contributed by atoms with Gasteiger partial charge >= 0.3 is 5.97 Å². The van der Waals surface area contributed by atoms with Gasteiger partial charge in [0.25, 0.3) is 5.92 Å². The van der Waals surface area contributed by atoms with Crippen LogP contribution in [-0.4, -0.2) is 69.4 Å². The molecule has 6 rings (SSSR count). The summed E-state index contributed by atoms with van der Waals surface area (Å²) in [6, 6.07) is 11.4. The molecule has 0 bridgehead atoms. The minimum atomic E-state index is -2.56. The molecule has 36 heavy (non-hydrogen) atoms. The number of carbonyl (C=O) groups is 1. The van der Waals surface area contributed by atoms with E-state index in [2.05, 4.69) is 9.88 Å². The molecule has 1 N–H and O–H groups in total. The van der Waals surface area contributed by atoms with Gasteiger partial charge in [0.05, 0.1) is 29.0 Å². The zero-order valence-corrected chi connectivity index (χ0v) is 20.2. The maximum atomic E-state index is 13.6. The van der Waals surface area contributed by atoms with Gasteiger partial charge in [0.1, 0.15) is 0 Å². The number of rotatable bonds is 6. The highest BCUT2D eigenvalue weighted by Crippen LogP contribution is 2.43. The fourth-order valence-corrected chi connectivity index (χ4v) is 5.88. The third-order valence-electron chi connectivity index (χ3n) is 8.08. The minimum Gasteiger partial charge on any atom is -0.477 e. The van der Waals surface area contributed by atoms with E-state index in [1.54, 1.807) is 10.7 Å². The highest BCUT2D eigenvalue weighted by Gasteiger charge is 2.39. The van der Waals surface area contributed by atoms with Crippen LogP contribution in [0.5, 0.6) is 0 Å². The first-order chi connectivity index (χ1) is 17.4. The zero-order chi connectivity index (χ0) is 24.9. The summed E-state index contributed by atoms with van der Waals surface area (Å²) in [5.74, 6) is -2.91. The lowest BCUT2D eigenvalue weighted by Crippen LogP contribution is -2.39. The van der Waals surface area contributed by atoms with Crippen LogP contribution >= 0.6 is 0 Å². The number of likely N-dealkylation sites (tertiary alicyclic amines) is 1. The molecule has 2 aromatic heterocycles. The highest BCUT2D eigenvalue weighted by atomic mass is 19.3. The molecule has 7 nitrogen and oxygen atoms in total. The van der Waals surface area contributed by atoms with Crippen molar-refractivity contribution in [3.63, 3.8) is 0 Å². The maximum absolute atomic E-state index is 13.6. The summed E-state index contributed by atoms with van der Waals surface area (Å²) in [4.78, 5) is 20.8. The van der Waals surface area contributed by atoms with Crippen LogP contribution in [0, 0.1) is 5.92 Å². The van der Waals surface area contributed by atoms with Crippen molar-refractivity contribution in [3.05, 3.63) is 47.8 Å². The average molecular weight is 496 g/mol. The lowest BCUT2D eigenvalue weighted by atomic mass is 9.81. The molecule has 0 spiro atoms. The lowest BCUT2D eigenvalue weighted by Gasteiger charge is -2.36. The molecule has 3 aliphatic rings. The zero-order valence-electron chi connectivity index (χ0n) is 20.2. The Morgan fingerprint density at radius 1 is 1.08 bits per heavy atom. The van der Waals surface area contributed by atoms with Gasteiger partial charge in [-0.25, -0.2) is 23.2 Å². The van der Waals surface area contributed by atoms with Crippen molar-refractivity contribution >= 4 is 22.7 Å². The summed E-state index contributed by atoms with van der Waals surface area (Å²) in [6.07, 6.45) is 5.04. The number of para-hydroxylation sites is 1. The van der Waals surface area contributed by atoms with Crippen LogP contribution in [0.4, 0.5) is 14.5 Å². The first-order valence-electron chi connectivity index (χ1n) is 13.0. The van der Waals surface area contributed by atoms with Gasteiger partial charge in [0.2, 0.25) is 0 Å². The smallest absolute Gasteiger partial charge is 0.354 e. The number of piperidine rings is 1.